The molecule has 0 atom stereocenters. The molecule has 2 rings (SSSR count). The minimum atomic E-state index is -0.457. The fraction of sp³-hybridized carbons (Fsp3) is 0.273. The Balaban J connectivity index is 2.73. The van der Waals surface area contributed by atoms with Gasteiger partial charge in [0, 0.05) is 17.9 Å². The van der Waals surface area contributed by atoms with Crippen LogP contribution in [0.15, 0.2) is 18.2 Å². The number of non-ortho nitro benzene ring substituents is 1. The van der Waals surface area contributed by atoms with Crippen LogP contribution in [0.25, 0.3) is 10.9 Å². The maximum Gasteiger partial charge on any atom is 0.295 e. The van der Waals surface area contributed by atoms with Crippen molar-refractivity contribution in [2.24, 2.45) is 0 Å². The van der Waals surface area contributed by atoms with E-state index in [-0.39, 0.29) is 10.8 Å². The van der Waals surface area contributed by atoms with Gasteiger partial charge in [-0.1, -0.05) is 24.6 Å². The van der Waals surface area contributed by atoms with Crippen LogP contribution in [-0.2, 0) is 6.42 Å². The molecule has 0 spiro atoms. The van der Waals surface area contributed by atoms with Crippen LogP contribution in [0.2, 0.25) is 5.15 Å². The average Bonchev–Trinajstić information content (AvgIpc) is 2.28. The minimum Gasteiger partial charge on any atom is -0.258 e. The van der Waals surface area contributed by atoms with Crippen LogP contribution in [0.5, 0.6) is 0 Å². The van der Waals surface area contributed by atoms with Gasteiger partial charge in [-0.2, -0.15) is 0 Å². The topological polar surface area (TPSA) is 68.9 Å². The second-order valence-corrected chi connectivity index (χ2v) is 3.97. The summed E-state index contributed by atoms with van der Waals surface area (Å²) in [7, 11) is 0. The Labute approximate surface area is 103 Å². The molecular weight excluding hydrogens is 242 g/mol. The van der Waals surface area contributed by atoms with Gasteiger partial charge in [0.1, 0.15) is 11.0 Å². The molecule has 1 heterocycles. The van der Waals surface area contributed by atoms with E-state index in [0.717, 1.165) is 6.42 Å². The fourth-order valence-electron chi connectivity index (χ4n) is 1.63. The quantitative estimate of drug-likeness (QED) is 0.477. The predicted molar refractivity (Wildman–Crippen MR) is 65.2 cm³/mol. The highest BCUT2D eigenvalue weighted by Crippen LogP contribution is 2.27. The Kier molecular flexibility index (Phi) is 3.19. The van der Waals surface area contributed by atoms with E-state index >= 15 is 0 Å². The van der Waals surface area contributed by atoms with Gasteiger partial charge in [0.05, 0.1) is 4.92 Å². The number of rotatable bonds is 3. The van der Waals surface area contributed by atoms with Crippen LogP contribution in [0.1, 0.15) is 19.2 Å². The summed E-state index contributed by atoms with van der Waals surface area (Å²) in [4.78, 5) is 18.8. The van der Waals surface area contributed by atoms with Crippen LogP contribution in [0.4, 0.5) is 5.69 Å². The van der Waals surface area contributed by atoms with E-state index in [1.807, 2.05) is 6.92 Å². The minimum absolute atomic E-state index is 0.0378. The zero-order valence-corrected chi connectivity index (χ0v) is 9.94. The van der Waals surface area contributed by atoms with Gasteiger partial charge in [0.25, 0.3) is 5.69 Å². The van der Waals surface area contributed by atoms with Gasteiger partial charge in [-0.25, -0.2) is 9.97 Å². The van der Waals surface area contributed by atoms with Crippen LogP contribution in [0.3, 0.4) is 0 Å². The summed E-state index contributed by atoms with van der Waals surface area (Å²) >= 11 is 6.00. The van der Waals surface area contributed by atoms with Gasteiger partial charge in [0.2, 0.25) is 0 Å². The third-order valence-corrected chi connectivity index (χ3v) is 2.66. The molecule has 0 unspecified atom stereocenters. The number of hydrogen-bond donors (Lipinski definition) is 0. The van der Waals surface area contributed by atoms with E-state index in [9.17, 15) is 10.1 Å². The Bertz CT molecular complexity index is 586. The Hall–Kier alpha value is -1.75. The molecule has 6 heteroatoms. The first-order valence-corrected chi connectivity index (χ1v) is 5.60. The summed E-state index contributed by atoms with van der Waals surface area (Å²) in [6.45, 7) is 1.99. The smallest absolute Gasteiger partial charge is 0.258 e. The summed E-state index contributed by atoms with van der Waals surface area (Å²) < 4.78 is 0. The zero-order chi connectivity index (χ0) is 12.4. The van der Waals surface area contributed by atoms with Crippen molar-refractivity contribution in [2.75, 3.05) is 0 Å². The molecule has 2 aromatic rings. The number of nitro benzene ring substituents is 1. The van der Waals surface area contributed by atoms with E-state index in [4.69, 9.17) is 11.6 Å². The molecule has 0 fully saturated rings. The summed E-state index contributed by atoms with van der Waals surface area (Å²) in [6, 6.07) is 4.68. The first kappa shape index (κ1) is 11.7. The Morgan fingerprint density at radius 3 is 2.82 bits per heavy atom. The van der Waals surface area contributed by atoms with E-state index < -0.39 is 4.92 Å². The number of halogens is 1. The largest absolute Gasteiger partial charge is 0.295 e. The Morgan fingerprint density at radius 2 is 2.18 bits per heavy atom. The number of nitrogens with zero attached hydrogens (tertiary/aromatic N) is 3. The highest BCUT2D eigenvalue weighted by Gasteiger charge is 2.16. The van der Waals surface area contributed by atoms with Gasteiger partial charge in [-0.3, -0.25) is 10.1 Å². The number of para-hydroxylation sites is 1. The number of benzene rings is 1. The molecule has 5 nitrogen and oxygen atoms in total. The monoisotopic (exact) mass is 251 g/mol. The normalized spacial score (nSPS) is 10.7. The van der Waals surface area contributed by atoms with Crippen LogP contribution in [0, 0.1) is 10.1 Å². The third kappa shape index (κ3) is 2.19. The maximum absolute atomic E-state index is 10.9. The number of nitro groups is 1. The van der Waals surface area contributed by atoms with Crippen molar-refractivity contribution < 1.29 is 4.92 Å². The fourth-order valence-corrected chi connectivity index (χ4v) is 1.88. The summed E-state index contributed by atoms with van der Waals surface area (Å²) in [5, 5.41) is 11.7. The second-order valence-electron chi connectivity index (χ2n) is 3.61. The van der Waals surface area contributed by atoms with Crippen molar-refractivity contribution >= 4 is 28.2 Å². The number of hydrogen-bond acceptors (Lipinski definition) is 4. The number of fused-ring (bicyclic) bond motifs is 1. The molecule has 0 aliphatic carbocycles. The standard InChI is InChI=1S/C11H10ClN3O2/c1-2-4-9-13-10-7(11(12)14-9)5-3-6-8(10)15(16)17/h3,5-6H,2,4H2,1H3. The molecular formula is C11H10ClN3O2. The second kappa shape index (κ2) is 4.63. The van der Waals surface area contributed by atoms with E-state index in [0.29, 0.717) is 23.1 Å². The lowest BCUT2D eigenvalue weighted by atomic mass is 10.2. The van der Waals surface area contributed by atoms with Crippen LogP contribution < -0.4 is 0 Å². The van der Waals surface area contributed by atoms with Crippen molar-refractivity contribution in [3.05, 3.63) is 39.3 Å². The average molecular weight is 252 g/mol. The molecule has 0 aliphatic heterocycles. The Morgan fingerprint density at radius 1 is 1.41 bits per heavy atom. The lowest BCUT2D eigenvalue weighted by Crippen LogP contribution is -1.99. The molecule has 0 saturated carbocycles. The molecule has 0 bridgehead atoms. The lowest BCUT2D eigenvalue weighted by molar-refractivity contribution is -0.383. The van der Waals surface area contributed by atoms with Crippen molar-refractivity contribution in [3.63, 3.8) is 0 Å². The molecule has 1 aromatic carbocycles. The molecule has 17 heavy (non-hydrogen) atoms. The molecule has 1 aromatic heterocycles. The van der Waals surface area contributed by atoms with Crippen molar-refractivity contribution in [1.82, 2.24) is 9.97 Å². The van der Waals surface area contributed by atoms with Gasteiger partial charge in [-0.15, -0.1) is 0 Å². The third-order valence-electron chi connectivity index (χ3n) is 2.38. The molecule has 0 aliphatic rings. The first-order valence-electron chi connectivity index (χ1n) is 5.23. The van der Waals surface area contributed by atoms with E-state index in [2.05, 4.69) is 9.97 Å². The van der Waals surface area contributed by atoms with E-state index in [1.54, 1.807) is 12.1 Å². The molecule has 0 radical (unpaired) electrons. The van der Waals surface area contributed by atoms with Crippen molar-refractivity contribution in [2.45, 2.75) is 19.8 Å². The first-order chi connectivity index (χ1) is 8.13. The summed E-state index contributed by atoms with van der Waals surface area (Å²) in [5.41, 5.74) is 0.269. The number of aromatic nitrogens is 2. The van der Waals surface area contributed by atoms with Gasteiger partial charge < -0.3 is 0 Å². The van der Waals surface area contributed by atoms with Crippen molar-refractivity contribution in [1.29, 1.82) is 0 Å². The maximum atomic E-state index is 10.9. The highest BCUT2D eigenvalue weighted by atomic mass is 35.5. The summed E-state index contributed by atoms with van der Waals surface area (Å²) in [6.07, 6.45) is 1.52. The zero-order valence-electron chi connectivity index (χ0n) is 9.18. The van der Waals surface area contributed by atoms with Crippen LogP contribution >= 0.6 is 11.6 Å². The SMILES string of the molecule is CCCc1nc(Cl)c2cccc([N+](=O)[O-])c2n1. The van der Waals surface area contributed by atoms with Gasteiger partial charge >= 0.3 is 0 Å². The predicted octanol–water partition coefficient (Wildman–Crippen LogP) is 3.14. The lowest BCUT2D eigenvalue weighted by Gasteiger charge is -2.03. The molecule has 0 saturated heterocycles. The van der Waals surface area contributed by atoms with Gasteiger partial charge in [0.15, 0.2) is 5.52 Å². The molecule has 88 valence electrons. The van der Waals surface area contributed by atoms with Crippen LogP contribution in [-0.4, -0.2) is 14.9 Å². The summed E-state index contributed by atoms with van der Waals surface area (Å²) in [5.74, 6) is 0.541. The molecule has 0 amide bonds. The number of aryl methyl sites for hydroxylation is 1. The van der Waals surface area contributed by atoms with Crippen molar-refractivity contribution in [3.8, 4) is 0 Å². The highest BCUT2D eigenvalue weighted by molar-refractivity contribution is 6.34. The van der Waals surface area contributed by atoms with E-state index in [1.165, 1.54) is 6.07 Å². The molecule has 0 N–H and O–H groups in total. The van der Waals surface area contributed by atoms with Gasteiger partial charge in [-0.05, 0) is 12.5 Å².